The monoisotopic (exact) mass is 957 g/mol. The molecule has 0 aliphatic rings. The van der Waals surface area contributed by atoms with Crippen molar-refractivity contribution in [2.45, 2.75) is 303 Å². The first-order valence-corrected chi connectivity index (χ1v) is 28.2. The first-order valence-electron chi connectivity index (χ1n) is 26.2. The Labute approximate surface area is 389 Å². The van der Waals surface area contributed by atoms with E-state index in [9.17, 15) is 29.7 Å². The normalized spacial score (nSPS) is 12.2. The van der Waals surface area contributed by atoms with E-state index in [0.29, 0.717) is 0 Å². The summed E-state index contributed by atoms with van der Waals surface area (Å²) >= 11 is 1.71. The molecule has 0 N–H and O–H groups in total. The van der Waals surface area contributed by atoms with Crippen molar-refractivity contribution < 1.29 is 29.7 Å². The fourth-order valence-electron chi connectivity index (χ4n) is 7.07. The first kappa shape index (κ1) is 65.8. The van der Waals surface area contributed by atoms with Crippen molar-refractivity contribution >= 4 is 40.4 Å². The molecular formula is C53H104O6Sn. The Morgan fingerprint density at radius 2 is 0.450 bits per heavy atom. The molecule has 0 fully saturated rings. The molecule has 0 amide bonds. The Kier molecular flexibility index (Phi) is 63.9. The standard InChI is InChI=1S/3C15H30O2.C8H17.Sn/c3*1-3-4-5-6-7-8-9-10-11-12-13-14(2)15(16)17;1-3-5-7-8-6-4-2;/h3*14H,3-13H2,1-2H3,(H,16,17);1,3-8H2,2H3;/q;;;;+3/p-3. The van der Waals surface area contributed by atoms with Crippen LogP contribution in [0.4, 0.5) is 0 Å². The van der Waals surface area contributed by atoms with Crippen LogP contribution in [0.1, 0.15) is 299 Å². The van der Waals surface area contributed by atoms with E-state index in [4.69, 9.17) is 0 Å². The van der Waals surface area contributed by atoms with Crippen LogP contribution in [0.3, 0.4) is 0 Å². The maximum atomic E-state index is 10.5. The molecule has 60 heavy (non-hydrogen) atoms. The summed E-state index contributed by atoms with van der Waals surface area (Å²) in [7, 11) is 0. The number of aliphatic carboxylic acids is 3. The molecule has 0 bridgehead atoms. The van der Waals surface area contributed by atoms with Crippen molar-refractivity contribution in [2.75, 3.05) is 0 Å². The van der Waals surface area contributed by atoms with Crippen LogP contribution in [0.5, 0.6) is 0 Å². The third kappa shape index (κ3) is 63.8. The molecule has 0 spiro atoms. The summed E-state index contributed by atoms with van der Waals surface area (Å²) in [4.78, 5) is 31.4. The van der Waals surface area contributed by atoms with Gasteiger partial charge in [-0.05, 0) is 37.0 Å². The predicted octanol–water partition coefficient (Wildman–Crippen LogP) is 14.0. The van der Waals surface area contributed by atoms with E-state index in [0.717, 1.165) is 38.5 Å². The van der Waals surface area contributed by atoms with E-state index >= 15 is 0 Å². The van der Waals surface area contributed by atoms with Gasteiger partial charge >= 0.3 is 72.4 Å². The van der Waals surface area contributed by atoms with Crippen LogP contribution >= 0.6 is 0 Å². The molecule has 0 saturated heterocycles. The molecule has 0 aromatic rings. The number of carboxylic acid groups (broad SMARTS) is 3. The summed E-state index contributed by atoms with van der Waals surface area (Å²) in [5, 5.41) is 31.4. The van der Waals surface area contributed by atoms with Gasteiger partial charge in [0.05, 0.1) is 0 Å². The van der Waals surface area contributed by atoms with E-state index < -0.39 is 17.9 Å². The van der Waals surface area contributed by atoms with Gasteiger partial charge < -0.3 is 29.7 Å². The van der Waals surface area contributed by atoms with Gasteiger partial charge in [-0.1, -0.05) is 234 Å². The minimum atomic E-state index is -0.902. The van der Waals surface area contributed by atoms with E-state index in [1.807, 2.05) is 0 Å². The maximum absolute atomic E-state index is 10.5. The molecule has 0 heterocycles. The van der Waals surface area contributed by atoms with Crippen LogP contribution in [-0.4, -0.2) is 40.4 Å². The fourth-order valence-corrected chi connectivity index (χ4v) is 7.79. The van der Waals surface area contributed by atoms with Gasteiger partial charge in [-0.15, -0.1) is 0 Å². The first-order chi connectivity index (χ1) is 29.0. The zero-order valence-electron chi connectivity index (χ0n) is 41.5. The molecule has 3 unspecified atom stereocenters. The molecule has 0 aliphatic heterocycles. The Hall–Kier alpha value is -0.791. The molecule has 0 aliphatic carbocycles. The summed E-state index contributed by atoms with van der Waals surface area (Å²) in [6, 6.07) is 0. The van der Waals surface area contributed by atoms with E-state index in [1.165, 1.54) is 216 Å². The van der Waals surface area contributed by atoms with Gasteiger partial charge in [-0.3, -0.25) is 0 Å². The van der Waals surface area contributed by atoms with E-state index in [-0.39, 0.29) is 17.8 Å². The molecular weight excluding hydrogens is 851 g/mol. The molecule has 7 heteroatoms. The number of rotatable bonds is 42. The van der Waals surface area contributed by atoms with Crippen LogP contribution in [0.2, 0.25) is 4.44 Å². The summed E-state index contributed by atoms with van der Waals surface area (Å²) in [6.45, 7) is 14.2. The third-order valence-electron chi connectivity index (χ3n) is 11.7. The third-order valence-corrected chi connectivity index (χ3v) is 12.7. The van der Waals surface area contributed by atoms with E-state index in [2.05, 4.69) is 27.7 Å². The average molecular weight is 956 g/mol. The molecule has 356 valence electrons. The van der Waals surface area contributed by atoms with Crippen molar-refractivity contribution in [2.24, 2.45) is 17.8 Å². The average Bonchev–Trinajstić information content (AvgIpc) is 3.23. The number of carboxylic acids is 3. The zero-order valence-corrected chi connectivity index (χ0v) is 44.3. The number of hydrogen-bond acceptors (Lipinski definition) is 6. The van der Waals surface area contributed by atoms with Crippen molar-refractivity contribution in [1.82, 2.24) is 0 Å². The molecule has 0 aromatic carbocycles. The van der Waals surface area contributed by atoms with Crippen LogP contribution in [0, 0.1) is 17.8 Å². The molecule has 6 nitrogen and oxygen atoms in total. The Morgan fingerprint density at radius 3 is 0.600 bits per heavy atom. The topological polar surface area (TPSA) is 120 Å². The zero-order chi connectivity index (χ0) is 45.7. The van der Waals surface area contributed by atoms with Gasteiger partial charge in [0.15, 0.2) is 0 Å². The van der Waals surface area contributed by atoms with Crippen molar-refractivity contribution in [1.29, 1.82) is 0 Å². The number of unbranched alkanes of at least 4 members (excludes halogenated alkanes) is 32. The number of hydrogen-bond donors (Lipinski definition) is 0. The molecule has 0 rings (SSSR count). The summed E-state index contributed by atoms with van der Waals surface area (Å²) < 4.78 is 1.46. The SMILES string of the molecule is CCCCCCCCCCCCC(C)C(=O)[O-].CCCCCCCCCCCCC(C)C(=O)[O-].CCCCCCCCCCCCC(C)C(=O)[O-].CCCCCCC[CH2][Sn+3]. The van der Waals surface area contributed by atoms with Crippen LogP contribution in [0.25, 0.3) is 0 Å². The van der Waals surface area contributed by atoms with Gasteiger partial charge in [0, 0.05) is 17.9 Å². The van der Waals surface area contributed by atoms with Crippen molar-refractivity contribution in [3.8, 4) is 0 Å². The Morgan fingerprint density at radius 1 is 0.300 bits per heavy atom. The second kappa shape index (κ2) is 58.2. The Balaban J connectivity index is -0.000000356. The Bertz CT molecular complexity index is 735. The van der Waals surface area contributed by atoms with Gasteiger partial charge in [0.1, 0.15) is 0 Å². The van der Waals surface area contributed by atoms with Crippen molar-refractivity contribution in [3.63, 3.8) is 0 Å². The summed E-state index contributed by atoms with van der Waals surface area (Å²) in [5.41, 5.74) is 0. The van der Waals surface area contributed by atoms with Crippen LogP contribution < -0.4 is 15.3 Å². The second-order valence-electron chi connectivity index (χ2n) is 18.1. The molecule has 0 saturated carbocycles. The molecule has 3 atom stereocenters. The second-order valence-corrected chi connectivity index (χ2v) is 19.5. The quantitative estimate of drug-likeness (QED) is 0.0444. The van der Waals surface area contributed by atoms with Gasteiger partial charge in [0.25, 0.3) is 0 Å². The molecule has 0 radical (unpaired) electrons. The predicted molar refractivity (Wildman–Crippen MR) is 256 cm³/mol. The number of carbonyl (C=O) groups excluding carboxylic acids is 3. The van der Waals surface area contributed by atoms with E-state index in [1.54, 1.807) is 43.3 Å². The van der Waals surface area contributed by atoms with Gasteiger partial charge in [0.2, 0.25) is 0 Å². The van der Waals surface area contributed by atoms with Gasteiger partial charge in [-0.2, -0.15) is 0 Å². The number of carbonyl (C=O) groups is 3. The van der Waals surface area contributed by atoms with Crippen LogP contribution in [0.15, 0.2) is 0 Å². The summed E-state index contributed by atoms with van der Waals surface area (Å²) in [5.74, 6) is -3.53. The van der Waals surface area contributed by atoms with Crippen molar-refractivity contribution in [3.05, 3.63) is 0 Å². The van der Waals surface area contributed by atoms with Gasteiger partial charge in [-0.25, -0.2) is 0 Å². The summed E-state index contributed by atoms with van der Waals surface area (Å²) in [6.07, 6.45) is 49.9. The van der Waals surface area contributed by atoms with Crippen LogP contribution in [-0.2, 0) is 14.4 Å². The molecule has 0 aromatic heterocycles. The fraction of sp³-hybridized carbons (Fsp3) is 0.943. The minimum absolute atomic E-state index is 0.274.